The average molecular weight is 437 g/mol. The Morgan fingerprint density at radius 3 is 2.23 bits per heavy atom. The molecule has 0 unspecified atom stereocenters. The number of nitrogens with zero attached hydrogens (tertiary/aromatic N) is 1. The summed E-state index contributed by atoms with van der Waals surface area (Å²) in [4.78, 5) is 27.9. The maximum atomic E-state index is 13.4. The van der Waals surface area contributed by atoms with Gasteiger partial charge in [-0.1, -0.05) is 65.2 Å². The molecule has 1 aliphatic heterocycles. The number of hydrogen-bond donors (Lipinski definition) is 1. The number of halogens is 2. The Morgan fingerprint density at radius 2 is 1.57 bits per heavy atom. The van der Waals surface area contributed by atoms with Crippen LogP contribution in [0.2, 0.25) is 10.0 Å². The van der Waals surface area contributed by atoms with Crippen LogP contribution in [-0.2, 0) is 9.59 Å². The van der Waals surface area contributed by atoms with Crippen molar-refractivity contribution in [3.8, 4) is 0 Å². The van der Waals surface area contributed by atoms with Crippen molar-refractivity contribution in [1.29, 1.82) is 0 Å². The van der Waals surface area contributed by atoms with Crippen molar-refractivity contribution in [2.24, 2.45) is 0 Å². The highest BCUT2D eigenvalue weighted by molar-refractivity contribution is 6.46. The molecule has 0 fully saturated rings. The second-order valence-corrected chi connectivity index (χ2v) is 7.97. The zero-order valence-corrected chi connectivity index (χ0v) is 17.9. The van der Waals surface area contributed by atoms with Crippen LogP contribution in [0.1, 0.15) is 16.7 Å². The fourth-order valence-corrected chi connectivity index (χ4v) is 3.66. The van der Waals surface area contributed by atoms with Gasteiger partial charge in [0.2, 0.25) is 0 Å². The number of imide groups is 1. The van der Waals surface area contributed by atoms with Crippen molar-refractivity contribution in [1.82, 2.24) is 0 Å². The Morgan fingerprint density at radius 1 is 0.833 bits per heavy atom. The summed E-state index contributed by atoms with van der Waals surface area (Å²) < 4.78 is 0. The molecule has 150 valence electrons. The van der Waals surface area contributed by atoms with E-state index < -0.39 is 11.8 Å². The number of anilines is 2. The van der Waals surface area contributed by atoms with E-state index in [1.165, 1.54) is 0 Å². The van der Waals surface area contributed by atoms with E-state index in [-0.39, 0.29) is 5.70 Å². The van der Waals surface area contributed by atoms with Gasteiger partial charge in [0.15, 0.2) is 0 Å². The third-order valence-corrected chi connectivity index (χ3v) is 5.57. The van der Waals surface area contributed by atoms with Gasteiger partial charge in [-0.25, -0.2) is 4.90 Å². The lowest BCUT2D eigenvalue weighted by molar-refractivity contribution is -0.120. The highest BCUT2D eigenvalue weighted by atomic mass is 35.5. The summed E-state index contributed by atoms with van der Waals surface area (Å²) in [6.07, 6.45) is 0. The van der Waals surface area contributed by atoms with Crippen LogP contribution in [0.15, 0.2) is 72.4 Å². The quantitative estimate of drug-likeness (QED) is 0.509. The molecule has 1 heterocycles. The lowest BCUT2D eigenvalue weighted by Gasteiger charge is -2.15. The number of nitrogens with one attached hydrogen (secondary N) is 1. The van der Waals surface area contributed by atoms with E-state index >= 15 is 0 Å². The first kappa shape index (κ1) is 20.2. The summed E-state index contributed by atoms with van der Waals surface area (Å²) in [6.45, 7) is 3.86. The minimum Gasteiger partial charge on any atom is -0.350 e. The molecule has 1 N–H and O–H groups in total. The van der Waals surface area contributed by atoms with Gasteiger partial charge in [-0.15, -0.1) is 0 Å². The molecule has 2 amide bonds. The van der Waals surface area contributed by atoms with Gasteiger partial charge in [-0.3, -0.25) is 9.59 Å². The Balaban J connectivity index is 1.83. The molecule has 0 saturated carbocycles. The van der Waals surface area contributed by atoms with Gasteiger partial charge in [0.1, 0.15) is 5.70 Å². The van der Waals surface area contributed by atoms with Crippen LogP contribution in [0.4, 0.5) is 11.4 Å². The number of aryl methyl sites for hydroxylation is 2. The standard InChI is InChI=1S/C24H18Cl2N2O2/c1-14-6-9-16(10-7-14)21-22(27-18-11-8-15(2)20(26)13-18)24(30)28(23(21)29)19-5-3-4-17(25)12-19/h3-13,27H,1-2H3. The molecule has 6 heteroatoms. The van der Waals surface area contributed by atoms with Crippen molar-refractivity contribution in [2.45, 2.75) is 13.8 Å². The smallest absolute Gasteiger partial charge is 0.282 e. The average Bonchev–Trinajstić information content (AvgIpc) is 2.95. The first-order valence-electron chi connectivity index (χ1n) is 9.34. The van der Waals surface area contributed by atoms with Crippen LogP contribution in [0.3, 0.4) is 0 Å². The van der Waals surface area contributed by atoms with Crippen molar-refractivity contribution in [3.05, 3.63) is 99.2 Å². The van der Waals surface area contributed by atoms with Gasteiger partial charge in [0, 0.05) is 15.7 Å². The molecule has 1 aliphatic rings. The van der Waals surface area contributed by atoms with Crippen LogP contribution in [-0.4, -0.2) is 11.8 Å². The summed E-state index contributed by atoms with van der Waals surface area (Å²) in [7, 11) is 0. The van der Waals surface area contributed by atoms with Gasteiger partial charge < -0.3 is 5.32 Å². The zero-order valence-electron chi connectivity index (χ0n) is 16.4. The predicted octanol–water partition coefficient (Wildman–Crippen LogP) is 6.01. The molecule has 0 bridgehead atoms. The van der Waals surface area contributed by atoms with Crippen LogP contribution in [0.5, 0.6) is 0 Å². The number of benzene rings is 3. The first-order chi connectivity index (χ1) is 14.3. The largest absolute Gasteiger partial charge is 0.350 e. The topological polar surface area (TPSA) is 49.4 Å². The monoisotopic (exact) mass is 436 g/mol. The molecule has 3 aromatic rings. The SMILES string of the molecule is Cc1ccc(C2=C(Nc3ccc(C)c(Cl)c3)C(=O)N(c3cccc(Cl)c3)C2=O)cc1. The number of hydrogen-bond acceptors (Lipinski definition) is 3. The first-order valence-corrected chi connectivity index (χ1v) is 10.1. The normalized spacial score (nSPS) is 13.9. The summed E-state index contributed by atoms with van der Waals surface area (Å²) in [5.74, 6) is -0.860. The molecule has 0 radical (unpaired) electrons. The number of rotatable bonds is 4. The number of carbonyl (C=O) groups excluding carboxylic acids is 2. The van der Waals surface area contributed by atoms with Crippen LogP contribution in [0.25, 0.3) is 5.57 Å². The molecular formula is C24H18Cl2N2O2. The Hall–Kier alpha value is -3.08. The minimum atomic E-state index is -0.450. The molecule has 4 nitrogen and oxygen atoms in total. The Kier molecular flexibility index (Phi) is 5.37. The van der Waals surface area contributed by atoms with Crippen molar-refractivity contribution in [2.75, 3.05) is 10.2 Å². The molecule has 0 aliphatic carbocycles. The van der Waals surface area contributed by atoms with E-state index in [1.807, 2.05) is 50.2 Å². The molecular weight excluding hydrogens is 419 g/mol. The Labute approximate surface area is 184 Å². The van der Waals surface area contributed by atoms with Gasteiger partial charge >= 0.3 is 0 Å². The second kappa shape index (κ2) is 7.98. The van der Waals surface area contributed by atoms with Crippen LogP contribution < -0.4 is 10.2 Å². The van der Waals surface area contributed by atoms with Crippen LogP contribution in [0, 0.1) is 13.8 Å². The fourth-order valence-electron chi connectivity index (χ4n) is 3.30. The summed E-state index contributed by atoms with van der Waals surface area (Å²) in [5.41, 5.74) is 4.18. The highest BCUT2D eigenvalue weighted by Gasteiger charge is 2.40. The van der Waals surface area contributed by atoms with E-state index in [1.54, 1.807) is 30.3 Å². The minimum absolute atomic E-state index is 0.198. The highest BCUT2D eigenvalue weighted by Crippen LogP contribution is 2.35. The third kappa shape index (κ3) is 3.72. The maximum Gasteiger partial charge on any atom is 0.282 e. The van der Waals surface area contributed by atoms with Gasteiger partial charge in [0.25, 0.3) is 11.8 Å². The zero-order chi connectivity index (χ0) is 21.4. The molecule has 4 rings (SSSR count). The van der Waals surface area contributed by atoms with Crippen molar-refractivity contribution < 1.29 is 9.59 Å². The molecule has 0 aromatic heterocycles. The molecule has 0 spiro atoms. The van der Waals surface area contributed by atoms with E-state index in [2.05, 4.69) is 5.32 Å². The van der Waals surface area contributed by atoms with Gasteiger partial charge in [-0.05, 0) is 55.3 Å². The van der Waals surface area contributed by atoms with E-state index in [4.69, 9.17) is 23.2 Å². The lowest BCUT2D eigenvalue weighted by atomic mass is 10.0. The van der Waals surface area contributed by atoms with E-state index in [0.29, 0.717) is 32.6 Å². The van der Waals surface area contributed by atoms with E-state index in [0.717, 1.165) is 16.0 Å². The summed E-state index contributed by atoms with van der Waals surface area (Å²) >= 11 is 12.3. The number of amides is 2. The van der Waals surface area contributed by atoms with Crippen LogP contribution >= 0.6 is 23.2 Å². The lowest BCUT2D eigenvalue weighted by Crippen LogP contribution is -2.32. The van der Waals surface area contributed by atoms with E-state index in [9.17, 15) is 9.59 Å². The summed E-state index contributed by atoms with van der Waals surface area (Å²) in [6, 6.07) is 19.6. The fraction of sp³-hybridized carbons (Fsp3) is 0.0833. The summed E-state index contributed by atoms with van der Waals surface area (Å²) in [5, 5.41) is 4.13. The van der Waals surface area contributed by atoms with Crippen molar-refractivity contribution in [3.63, 3.8) is 0 Å². The van der Waals surface area contributed by atoms with Gasteiger partial charge in [-0.2, -0.15) is 0 Å². The van der Waals surface area contributed by atoms with Crippen molar-refractivity contribution >= 4 is 52.0 Å². The third-order valence-electron chi connectivity index (χ3n) is 4.93. The molecule has 0 atom stereocenters. The second-order valence-electron chi connectivity index (χ2n) is 7.13. The number of carbonyl (C=O) groups is 2. The molecule has 0 saturated heterocycles. The Bertz CT molecular complexity index is 1200. The molecule has 3 aromatic carbocycles. The predicted molar refractivity (Wildman–Crippen MR) is 122 cm³/mol. The molecule has 30 heavy (non-hydrogen) atoms. The maximum absolute atomic E-state index is 13.4. The van der Waals surface area contributed by atoms with Gasteiger partial charge in [0.05, 0.1) is 11.3 Å².